The zero-order valence-corrected chi connectivity index (χ0v) is 28.2. The average molecular weight is 700 g/mol. The summed E-state index contributed by atoms with van der Waals surface area (Å²) in [6.07, 6.45) is 0.746. The monoisotopic (exact) mass is 699 g/mol. The summed E-state index contributed by atoms with van der Waals surface area (Å²) in [6, 6.07) is 18.1. The first-order valence-corrected chi connectivity index (χ1v) is 16.9. The largest absolute Gasteiger partial charge is 0.508 e. The number of rotatable bonds is 9. The van der Waals surface area contributed by atoms with Crippen LogP contribution >= 0.6 is 0 Å². The van der Waals surface area contributed by atoms with E-state index in [1.54, 1.807) is 66.7 Å². The maximum Gasteiger partial charge on any atom is 0.243 e. The Morgan fingerprint density at radius 2 is 1.29 bits per heavy atom. The minimum atomic E-state index is -1.41. The maximum absolute atomic E-state index is 14.0. The number of benzene rings is 3. The van der Waals surface area contributed by atoms with Gasteiger partial charge < -0.3 is 43.2 Å². The second-order valence-corrected chi connectivity index (χ2v) is 12.6. The van der Waals surface area contributed by atoms with Crippen molar-refractivity contribution in [2.75, 3.05) is 6.54 Å². The van der Waals surface area contributed by atoms with Gasteiger partial charge in [-0.25, -0.2) is 0 Å². The first-order chi connectivity index (χ1) is 24.5. The van der Waals surface area contributed by atoms with Gasteiger partial charge in [0.25, 0.3) is 0 Å². The van der Waals surface area contributed by atoms with E-state index >= 15 is 0 Å². The van der Waals surface area contributed by atoms with Crippen LogP contribution in [0.3, 0.4) is 0 Å². The molecule has 51 heavy (non-hydrogen) atoms. The van der Waals surface area contributed by atoms with Crippen LogP contribution in [0.2, 0.25) is 0 Å². The number of hydrogen-bond donors (Lipinski definition) is 8. The van der Waals surface area contributed by atoms with Gasteiger partial charge in [-0.2, -0.15) is 0 Å². The number of carbonyl (C=O) groups excluding carboxylic acids is 6. The molecule has 0 unspecified atom stereocenters. The highest BCUT2D eigenvalue weighted by Crippen LogP contribution is 2.12. The lowest BCUT2D eigenvalue weighted by molar-refractivity contribution is -0.135. The van der Waals surface area contributed by atoms with Gasteiger partial charge in [-0.15, -0.1) is 0 Å². The van der Waals surface area contributed by atoms with Crippen LogP contribution in [0, 0.1) is 0 Å². The standard InChI is InChI=1S/C37H45N7O7/c38-27(19-25-14-16-26(45)17-15-25)34(48)42-31-22-32(46)40-18-8-7-13-28(33(39)47)41-35(49)29(20-23-9-3-1-4-10-23)43-36(50)30(44-37(31)51)21-24-11-5-2-6-12-24/h1-6,9-12,14-17,27-31,45H,7-8,13,18-22,38H2,(H2,39,47)(H,40,46)(H,41,49)(H,42,48)(H,43,50)(H,44,51)/t27-,28-,29-,30-,31-/m0/s1. The third-order valence-corrected chi connectivity index (χ3v) is 8.48. The molecule has 0 spiro atoms. The molecule has 0 aromatic heterocycles. The van der Waals surface area contributed by atoms with Crippen molar-refractivity contribution in [2.45, 2.75) is 75.2 Å². The molecule has 6 amide bonds. The van der Waals surface area contributed by atoms with Crippen LogP contribution in [-0.2, 0) is 48.0 Å². The molecule has 0 radical (unpaired) electrons. The normalized spacial score (nSPS) is 21.5. The minimum Gasteiger partial charge on any atom is -0.508 e. The lowest BCUT2D eigenvalue weighted by atomic mass is 10.0. The van der Waals surface area contributed by atoms with Crippen LogP contribution in [0.5, 0.6) is 5.75 Å². The molecular weight excluding hydrogens is 654 g/mol. The molecule has 0 saturated carbocycles. The molecular formula is C37H45N7O7. The van der Waals surface area contributed by atoms with E-state index in [1.165, 1.54) is 12.1 Å². The fourth-order valence-electron chi connectivity index (χ4n) is 5.65. The SMILES string of the molecule is NC(=O)[C@@H]1CCCCNC(=O)C[C@H](NC(=O)[C@@H](N)Cc2ccc(O)cc2)C(=O)N[C@@H](Cc2ccccc2)C(=O)N[C@@H](Cc2ccccc2)C(=O)N1. The predicted octanol–water partition coefficient (Wildman–Crippen LogP) is -0.138. The highest BCUT2D eigenvalue weighted by Gasteiger charge is 2.33. The minimum absolute atomic E-state index is 0.00916. The fraction of sp³-hybridized carbons (Fsp3) is 0.351. The van der Waals surface area contributed by atoms with E-state index in [-0.39, 0.29) is 38.0 Å². The number of nitrogens with two attached hydrogens (primary N) is 2. The Morgan fingerprint density at radius 3 is 1.86 bits per heavy atom. The summed E-state index contributed by atoms with van der Waals surface area (Å²) in [5.74, 6) is -4.09. The van der Waals surface area contributed by atoms with Gasteiger partial charge in [0, 0.05) is 19.4 Å². The number of hydrogen-bond acceptors (Lipinski definition) is 8. The van der Waals surface area contributed by atoms with Crippen LogP contribution in [0.1, 0.15) is 42.4 Å². The third kappa shape index (κ3) is 12.3. The molecule has 0 bridgehead atoms. The molecule has 14 heteroatoms. The first kappa shape index (κ1) is 38.0. The molecule has 1 saturated heterocycles. The fourth-order valence-corrected chi connectivity index (χ4v) is 5.65. The molecule has 5 atom stereocenters. The first-order valence-electron chi connectivity index (χ1n) is 16.9. The summed E-state index contributed by atoms with van der Waals surface area (Å²) >= 11 is 0. The maximum atomic E-state index is 14.0. The Balaban J connectivity index is 1.63. The van der Waals surface area contributed by atoms with Gasteiger partial charge >= 0.3 is 0 Å². The van der Waals surface area contributed by atoms with Gasteiger partial charge in [0.05, 0.1) is 12.5 Å². The Bertz CT molecular complexity index is 1650. The molecule has 14 nitrogen and oxygen atoms in total. The number of nitrogens with one attached hydrogen (secondary N) is 5. The van der Waals surface area contributed by atoms with Gasteiger partial charge in [0.1, 0.15) is 29.9 Å². The van der Waals surface area contributed by atoms with E-state index in [4.69, 9.17) is 11.5 Å². The topological polar surface area (TPSA) is 235 Å². The smallest absolute Gasteiger partial charge is 0.243 e. The molecule has 3 aromatic rings. The second kappa shape index (κ2) is 18.9. The third-order valence-electron chi connectivity index (χ3n) is 8.48. The van der Waals surface area contributed by atoms with Crippen LogP contribution < -0.4 is 38.1 Å². The van der Waals surface area contributed by atoms with E-state index in [0.29, 0.717) is 24.0 Å². The van der Waals surface area contributed by atoms with E-state index < -0.39 is 72.1 Å². The second-order valence-electron chi connectivity index (χ2n) is 12.6. The Hall–Kier alpha value is -5.76. The number of phenols is 1. The number of phenolic OH excluding ortho intramolecular Hbond substituents is 1. The Labute approximate surface area is 296 Å². The lowest BCUT2D eigenvalue weighted by Crippen LogP contribution is -2.60. The number of amides is 6. The summed E-state index contributed by atoms with van der Waals surface area (Å²) in [6.45, 7) is 0.189. The van der Waals surface area contributed by atoms with E-state index in [1.807, 2.05) is 6.07 Å². The number of primary amides is 1. The van der Waals surface area contributed by atoms with Crippen molar-refractivity contribution in [1.82, 2.24) is 26.6 Å². The van der Waals surface area contributed by atoms with Gasteiger partial charge in [0.15, 0.2) is 0 Å². The van der Waals surface area contributed by atoms with Crippen molar-refractivity contribution >= 4 is 35.4 Å². The summed E-state index contributed by atoms with van der Waals surface area (Å²) in [5.41, 5.74) is 13.9. The quantitative estimate of drug-likeness (QED) is 0.149. The van der Waals surface area contributed by atoms with Crippen LogP contribution in [-0.4, -0.2) is 77.3 Å². The van der Waals surface area contributed by atoms with Crippen molar-refractivity contribution in [2.24, 2.45) is 11.5 Å². The van der Waals surface area contributed by atoms with Gasteiger partial charge in [-0.3, -0.25) is 28.8 Å². The molecule has 270 valence electrons. The number of aromatic hydroxyl groups is 1. The molecule has 10 N–H and O–H groups in total. The highest BCUT2D eigenvalue weighted by atomic mass is 16.3. The van der Waals surface area contributed by atoms with Crippen molar-refractivity contribution < 1.29 is 33.9 Å². The zero-order valence-electron chi connectivity index (χ0n) is 28.2. The molecule has 1 fully saturated rings. The van der Waals surface area contributed by atoms with E-state index in [0.717, 1.165) is 5.56 Å². The van der Waals surface area contributed by atoms with Crippen LogP contribution in [0.25, 0.3) is 0 Å². The van der Waals surface area contributed by atoms with Crippen LogP contribution in [0.4, 0.5) is 0 Å². The van der Waals surface area contributed by atoms with Gasteiger partial charge in [-0.1, -0.05) is 72.8 Å². The molecule has 1 aliphatic heterocycles. The summed E-state index contributed by atoms with van der Waals surface area (Å²) < 4.78 is 0. The molecule has 1 heterocycles. The van der Waals surface area contributed by atoms with Crippen molar-refractivity contribution in [3.8, 4) is 5.75 Å². The van der Waals surface area contributed by atoms with Gasteiger partial charge in [-0.05, 0) is 54.5 Å². The molecule has 4 rings (SSSR count). The van der Waals surface area contributed by atoms with Crippen molar-refractivity contribution in [3.05, 3.63) is 102 Å². The highest BCUT2D eigenvalue weighted by molar-refractivity contribution is 5.97. The molecule has 3 aromatic carbocycles. The van der Waals surface area contributed by atoms with Gasteiger partial charge in [0.2, 0.25) is 35.4 Å². The predicted molar refractivity (Wildman–Crippen MR) is 188 cm³/mol. The van der Waals surface area contributed by atoms with Crippen molar-refractivity contribution in [3.63, 3.8) is 0 Å². The summed E-state index contributed by atoms with van der Waals surface area (Å²) in [7, 11) is 0. The summed E-state index contributed by atoms with van der Waals surface area (Å²) in [5, 5.41) is 23.0. The Kier molecular flexibility index (Phi) is 14.1. The summed E-state index contributed by atoms with van der Waals surface area (Å²) in [4.78, 5) is 80.1. The zero-order chi connectivity index (χ0) is 36.8. The lowest BCUT2D eigenvalue weighted by Gasteiger charge is -2.26. The van der Waals surface area contributed by atoms with E-state index in [9.17, 15) is 33.9 Å². The van der Waals surface area contributed by atoms with Crippen LogP contribution in [0.15, 0.2) is 84.9 Å². The molecule has 0 aliphatic carbocycles. The average Bonchev–Trinajstić information content (AvgIpc) is 3.11. The number of carbonyl (C=O) groups is 6. The Morgan fingerprint density at radius 1 is 0.745 bits per heavy atom. The molecule has 1 aliphatic rings. The van der Waals surface area contributed by atoms with Crippen molar-refractivity contribution in [1.29, 1.82) is 0 Å². The van der Waals surface area contributed by atoms with E-state index in [2.05, 4.69) is 26.6 Å².